The summed E-state index contributed by atoms with van der Waals surface area (Å²) in [5.41, 5.74) is 4.54. The predicted octanol–water partition coefficient (Wildman–Crippen LogP) is 5.02. The second kappa shape index (κ2) is 13.2. The number of hydrogen-bond acceptors (Lipinski definition) is 6. The molecule has 2 fully saturated rings. The average Bonchev–Trinajstić information content (AvgIpc) is 3.52. The minimum atomic E-state index is 0. The van der Waals surface area contributed by atoms with Gasteiger partial charge >= 0.3 is 0 Å². The van der Waals surface area contributed by atoms with Crippen LogP contribution in [0.2, 0.25) is 0 Å². The first-order valence-corrected chi connectivity index (χ1v) is 13.2. The molecule has 0 radical (unpaired) electrons. The molecule has 5 rings (SSSR count). The van der Waals surface area contributed by atoms with Crippen molar-refractivity contribution in [1.29, 1.82) is 0 Å². The van der Waals surface area contributed by atoms with Crippen molar-refractivity contribution < 1.29 is 17.1 Å². The molecule has 0 saturated carbocycles. The molecule has 0 aliphatic carbocycles. The van der Waals surface area contributed by atoms with E-state index in [1.165, 1.54) is 5.70 Å². The number of amides is 1. The van der Waals surface area contributed by atoms with Crippen molar-refractivity contribution in [3.05, 3.63) is 59.7 Å². The monoisotopic (exact) mass is 498 g/mol. The van der Waals surface area contributed by atoms with Gasteiger partial charge in [-0.3, -0.25) is 4.79 Å². The van der Waals surface area contributed by atoms with E-state index in [0.29, 0.717) is 12.5 Å². The van der Waals surface area contributed by atoms with Gasteiger partial charge in [0.2, 0.25) is 5.91 Å². The molecule has 3 heterocycles. The topological polar surface area (TPSA) is 74.9 Å². The smallest absolute Gasteiger partial charge is 0.225 e. The Bertz CT molecular complexity index is 1030. The number of carbonyl (C=O) groups is 1. The minimum Gasteiger partial charge on any atom is -0.497 e. The van der Waals surface area contributed by atoms with Crippen LogP contribution in [0.15, 0.2) is 48.5 Å². The van der Waals surface area contributed by atoms with Crippen LogP contribution in [0.5, 0.6) is 11.5 Å². The lowest BCUT2D eigenvalue weighted by Gasteiger charge is -2.32. The summed E-state index contributed by atoms with van der Waals surface area (Å²) in [6, 6.07) is 14.4. The van der Waals surface area contributed by atoms with E-state index in [4.69, 9.17) is 9.47 Å². The van der Waals surface area contributed by atoms with E-state index in [9.17, 15) is 4.79 Å². The van der Waals surface area contributed by atoms with E-state index in [0.717, 1.165) is 54.5 Å². The molecule has 2 aromatic rings. The van der Waals surface area contributed by atoms with Crippen molar-refractivity contribution >= 4 is 17.3 Å². The van der Waals surface area contributed by atoms with Crippen molar-refractivity contribution in [2.45, 2.75) is 33.7 Å². The van der Waals surface area contributed by atoms with Gasteiger partial charge in [-0.05, 0) is 43.0 Å². The third-order valence-corrected chi connectivity index (χ3v) is 6.66. The number of likely N-dealkylation sites (N-methyl/N-ethyl adjacent to an activating group) is 1. The fourth-order valence-electron chi connectivity index (χ4n) is 4.88. The summed E-state index contributed by atoms with van der Waals surface area (Å²) in [6.07, 6.45) is 2.28. The number of hydrogen-bond donors (Lipinski definition) is 3. The highest BCUT2D eigenvalue weighted by atomic mass is 16.5. The van der Waals surface area contributed by atoms with Crippen LogP contribution < -0.4 is 25.4 Å². The van der Waals surface area contributed by atoms with Gasteiger partial charge in [0.25, 0.3) is 0 Å². The number of benzene rings is 2. The Morgan fingerprint density at radius 2 is 1.78 bits per heavy atom. The Labute approximate surface area is 219 Å². The average molecular weight is 499 g/mol. The lowest BCUT2D eigenvalue weighted by Crippen LogP contribution is -2.30. The van der Waals surface area contributed by atoms with Gasteiger partial charge in [-0.2, -0.15) is 0 Å². The first kappa shape index (κ1) is 27.4. The number of anilines is 1. The number of ether oxygens (including phenoxy) is 2. The molecular weight excluding hydrogens is 452 g/mol. The largest absolute Gasteiger partial charge is 0.497 e. The summed E-state index contributed by atoms with van der Waals surface area (Å²) in [4.78, 5) is 14.6. The highest BCUT2D eigenvalue weighted by Gasteiger charge is 2.43. The van der Waals surface area contributed by atoms with Crippen LogP contribution in [0.3, 0.4) is 0 Å². The minimum absolute atomic E-state index is 0. The highest BCUT2D eigenvalue weighted by Crippen LogP contribution is 2.42. The summed E-state index contributed by atoms with van der Waals surface area (Å²) in [6.45, 7) is 11.9. The molecule has 3 N–H and O–H groups in total. The van der Waals surface area contributed by atoms with Gasteiger partial charge in [-0.15, -0.1) is 0 Å². The molecule has 0 aromatic heterocycles. The van der Waals surface area contributed by atoms with Crippen LogP contribution in [0, 0.1) is 11.8 Å². The zero-order chi connectivity index (χ0) is 26.1. The number of rotatable bonds is 7. The van der Waals surface area contributed by atoms with E-state index in [1.54, 1.807) is 7.11 Å². The van der Waals surface area contributed by atoms with Crippen LogP contribution in [-0.2, 0) is 4.79 Å². The van der Waals surface area contributed by atoms with Crippen molar-refractivity contribution in [2.75, 3.05) is 52.3 Å². The maximum Gasteiger partial charge on any atom is 0.225 e. The molecule has 0 bridgehead atoms. The van der Waals surface area contributed by atoms with Gasteiger partial charge in [0.15, 0.2) is 0 Å². The summed E-state index contributed by atoms with van der Waals surface area (Å²) >= 11 is 0. The first-order chi connectivity index (χ1) is 17.7. The van der Waals surface area contributed by atoms with Crippen LogP contribution in [0.25, 0.3) is 5.70 Å². The molecular formula is C29H46N4O3. The Morgan fingerprint density at radius 3 is 2.44 bits per heavy atom. The predicted molar refractivity (Wildman–Crippen MR) is 152 cm³/mol. The van der Waals surface area contributed by atoms with E-state index < -0.39 is 0 Å². The molecule has 36 heavy (non-hydrogen) atoms. The molecule has 7 nitrogen and oxygen atoms in total. The zero-order valence-corrected chi connectivity index (χ0v) is 22.6. The molecule has 0 spiro atoms. The highest BCUT2D eigenvalue weighted by molar-refractivity contribution is 5.84. The Hall–Kier alpha value is -3.19. The second-order valence-corrected chi connectivity index (χ2v) is 8.62. The van der Waals surface area contributed by atoms with Crippen molar-refractivity contribution in [3.63, 3.8) is 0 Å². The quantitative estimate of drug-likeness (QED) is 0.465. The van der Waals surface area contributed by atoms with E-state index in [2.05, 4.69) is 45.1 Å². The molecule has 2 saturated heterocycles. The second-order valence-electron chi connectivity index (χ2n) is 8.62. The van der Waals surface area contributed by atoms with Crippen molar-refractivity contribution in [1.82, 2.24) is 15.5 Å². The number of methoxy groups -OCH3 is 1. The van der Waals surface area contributed by atoms with Crippen LogP contribution >= 0.6 is 0 Å². The molecule has 3 atom stereocenters. The van der Waals surface area contributed by atoms with Gasteiger partial charge in [0, 0.05) is 58.0 Å². The van der Waals surface area contributed by atoms with Crippen LogP contribution in [0.4, 0.5) is 5.69 Å². The number of nitrogens with zero attached hydrogens (tertiary/aromatic N) is 1. The molecule has 200 valence electrons. The van der Waals surface area contributed by atoms with Gasteiger partial charge in [-0.1, -0.05) is 39.8 Å². The Morgan fingerprint density at radius 1 is 1.06 bits per heavy atom. The van der Waals surface area contributed by atoms with E-state index in [1.807, 2.05) is 59.0 Å². The summed E-state index contributed by atoms with van der Waals surface area (Å²) in [5.74, 6) is 2.34. The molecule has 3 aliphatic heterocycles. The molecule has 1 amide bonds. The summed E-state index contributed by atoms with van der Waals surface area (Å²) in [5, 5.41) is 9.75. The number of fused-ring (bicyclic) bond motifs is 2. The van der Waals surface area contributed by atoms with Gasteiger partial charge in [0.05, 0.1) is 19.1 Å². The van der Waals surface area contributed by atoms with Crippen LogP contribution in [-0.4, -0.2) is 57.8 Å². The normalized spacial score (nSPS) is 21.4. The van der Waals surface area contributed by atoms with E-state index >= 15 is 0 Å². The zero-order valence-electron chi connectivity index (χ0n) is 22.6. The maximum atomic E-state index is 12.2. The third-order valence-electron chi connectivity index (χ3n) is 6.66. The summed E-state index contributed by atoms with van der Waals surface area (Å²) < 4.78 is 11.2. The molecule has 7 heteroatoms. The van der Waals surface area contributed by atoms with Crippen molar-refractivity contribution in [2.24, 2.45) is 11.8 Å². The fraction of sp³-hybridized carbons (Fsp3) is 0.483. The number of likely N-dealkylation sites (tertiary alicyclic amines) is 1. The van der Waals surface area contributed by atoms with Crippen LogP contribution in [0.1, 0.15) is 47.7 Å². The third kappa shape index (κ3) is 5.95. The van der Waals surface area contributed by atoms with Gasteiger partial charge < -0.3 is 30.3 Å². The lowest BCUT2D eigenvalue weighted by atomic mass is 9.96. The molecule has 2 aromatic carbocycles. The van der Waals surface area contributed by atoms with Crippen molar-refractivity contribution in [3.8, 4) is 11.5 Å². The number of nitrogens with one attached hydrogen (secondary N) is 3. The van der Waals surface area contributed by atoms with Gasteiger partial charge in [0.1, 0.15) is 18.1 Å². The summed E-state index contributed by atoms with van der Waals surface area (Å²) in [7, 11) is 3.60. The van der Waals surface area contributed by atoms with E-state index in [-0.39, 0.29) is 20.7 Å². The lowest BCUT2D eigenvalue weighted by molar-refractivity contribution is -0.122. The fourth-order valence-corrected chi connectivity index (χ4v) is 4.88. The maximum absolute atomic E-state index is 12.2. The Kier molecular flexibility index (Phi) is 10.1. The first-order valence-electron chi connectivity index (χ1n) is 13.2. The number of carbonyl (C=O) groups excluding carboxylic acids is 1. The SMILES string of the molecule is CC.CC.CNCCOc1ccc(C2C=C(N3CC4CNC(=O)C4C3)c3ccc(OC)cc3N2)cc1.[HH].[HH]. The Balaban J connectivity index is 0.00000115. The molecule has 3 unspecified atom stereocenters. The molecule has 3 aliphatic rings. The van der Waals surface area contributed by atoms with Gasteiger partial charge in [-0.25, -0.2) is 0 Å². The standard InChI is InChI=1S/C25H30N4O3.2C2H6.2H2/c1-26-9-10-32-18-5-3-16(4-6-18)22-12-24(20-8-7-19(31-2)11-23(20)28-22)29-14-17-13-27-25(30)21(17)15-29;2*1-2;;/h3-8,11-12,17,21-22,26,28H,9-10,13-15H2,1-2H3,(H,27,30);2*1-2H3;2*1H.